The van der Waals surface area contributed by atoms with Crippen LogP contribution in [0.25, 0.3) is 0 Å². The molecule has 2 rings (SSSR count). The lowest BCUT2D eigenvalue weighted by atomic mass is 10.1. The monoisotopic (exact) mass is 377 g/mol. The highest BCUT2D eigenvalue weighted by Gasteiger charge is 2.29. The van der Waals surface area contributed by atoms with Crippen molar-refractivity contribution in [3.05, 3.63) is 35.9 Å². The molecule has 0 bridgehead atoms. The standard InChI is InChI=1S/C18H23N3O6/c19-12(9-11-5-2-1-3-6-11)16(23)27-17(24)13(20)10-15(22)26-18(25)14-7-4-8-21-14/h1-3,5-6,12-14,21H,4,7-10,19-20H2/t12-,13-,14-/m0/s1. The molecule has 1 aliphatic heterocycles. The van der Waals surface area contributed by atoms with Crippen molar-refractivity contribution in [3.63, 3.8) is 0 Å². The molecule has 9 nitrogen and oxygen atoms in total. The molecule has 1 saturated heterocycles. The number of hydrogen-bond acceptors (Lipinski definition) is 9. The number of ether oxygens (including phenoxy) is 2. The summed E-state index contributed by atoms with van der Waals surface area (Å²) in [5, 5.41) is 2.89. The van der Waals surface area contributed by atoms with E-state index in [-0.39, 0.29) is 6.42 Å². The Morgan fingerprint density at radius 3 is 2.33 bits per heavy atom. The molecule has 0 spiro atoms. The number of esters is 4. The first kappa shape index (κ1) is 20.7. The lowest BCUT2D eigenvalue weighted by molar-refractivity contribution is -0.167. The number of nitrogens with one attached hydrogen (secondary N) is 1. The molecule has 1 aromatic rings. The fourth-order valence-electron chi connectivity index (χ4n) is 2.58. The third-order valence-electron chi connectivity index (χ3n) is 4.05. The first-order valence-corrected chi connectivity index (χ1v) is 8.65. The zero-order chi connectivity index (χ0) is 19.8. The minimum Gasteiger partial charge on any atom is -0.392 e. The van der Waals surface area contributed by atoms with E-state index in [4.69, 9.17) is 11.5 Å². The molecule has 9 heteroatoms. The van der Waals surface area contributed by atoms with Crippen LogP contribution in [0.3, 0.4) is 0 Å². The first-order chi connectivity index (χ1) is 12.9. The average molecular weight is 377 g/mol. The van der Waals surface area contributed by atoms with Gasteiger partial charge in [0.1, 0.15) is 18.1 Å². The van der Waals surface area contributed by atoms with Crippen molar-refractivity contribution in [2.24, 2.45) is 11.5 Å². The Hall–Kier alpha value is -2.62. The van der Waals surface area contributed by atoms with Gasteiger partial charge in [-0.15, -0.1) is 0 Å². The van der Waals surface area contributed by atoms with Gasteiger partial charge in [-0.2, -0.15) is 0 Å². The van der Waals surface area contributed by atoms with Crippen LogP contribution >= 0.6 is 0 Å². The summed E-state index contributed by atoms with van der Waals surface area (Å²) in [5.74, 6) is -3.72. The number of carbonyl (C=O) groups is 4. The molecule has 1 fully saturated rings. The minimum atomic E-state index is -1.44. The summed E-state index contributed by atoms with van der Waals surface area (Å²) in [6, 6.07) is 5.96. The van der Waals surface area contributed by atoms with Crippen molar-refractivity contribution in [1.82, 2.24) is 5.32 Å². The molecule has 0 saturated carbocycles. The maximum absolute atomic E-state index is 11.9. The highest BCUT2D eigenvalue weighted by Crippen LogP contribution is 2.08. The number of rotatable bonds is 7. The summed E-state index contributed by atoms with van der Waals surface area (Å²) in [5.41, 5.74) is 12.1. The maximum Gasteiger partial charge on any atom is 0.331 e. The molecule has 1 aromatic carbocycles. The van der Waals surface area contributed by atoms with Crippen molar-refractivity contribution in [2.45, 2.75) is 43.8 Å². The van der Waals surface area contributed by atoms with Crippen LogP contribution in [0.5, 0.6) is 0 Å². The number of nitrogens with two attached hydrogens (primary N) is 2. The van der Waals surface area contributed by atoms with Gasteiger partial charge >= 0.3 is 23.9 Å². The Morgan fingerprint density at radius 2 is 1.70 bits per heavy atom. The van der Waals surface area contributed by atoms with Gasteiger partial charge in [-0.05, 0) is 31.4 Å². The van der Waals surface area contributed by atoms with Crippen molar-refractivity contribution in [2.75, 3.05) is 6.54 Å². The predicted octanol–water partition coefficient (Wildman–Crippen LogP) is -0.835. The predicted molar refractivity (Wildman–Crippen MR) is 93.9 cm³/mol. The molecule has 0 radical (unpaired) electrons. The second kappa shape index (κ2) is 9.91. The van der Waals surface area contributed by atoms with E-state index in [0.717, 1.165) is 12.0 Å². The second-order valence-electron chi connectivity index (χ2n) is 6.29. The smallest absolute Gasteiger partial charge is 0.331 e. The van der Waals surface area contributed by atoms with Crippen LogP contribution in [0.4, 0.5) is 0 Å². The minimum absolute atomic E-state index is 0.188. The Kier molecular flexibility index (Phi) is 7.59. The van der Waals surface area contributed by atoms with E-state index >= 15 is 0 Å². The summed E-state index contributed by atoms with van der Waals surface area (Å²) < 4.78 is 9.27. The summed E-state index contributed by atoms with van der Waals surface area (Å²) in [6.45, 7) is 0.672. The van der Waals surface area contributed by atoms with Crippen LogP contribution < -0.4 is 16.8 Å². The molecule has 27 heavy (non-hydrogen) atoms. The van der Waals surface area contributed by atoms with Crippen LogP contribution in [0.1, 0.15) is 24.8 Å². The molecule has 3 atom stereocenters. The lowest BCUT2D eigenvalue weighted by Gasteiger charge is -2.14. The topological polar surface area (TPSA) is 151 Å². The van der Waals surface area contributed by atoms with E-state index in [9.17, 15) is 19.2 Å². The molecular formula is C18H23N3O6. The van der Waals surface area contributed by atoms with Crippen LogP contribution in [-0.4, -0.2) is 48.5 Å². The fourth-order valence-corrected chi connectivity index (χ4v) is 2.58. The Labute approximate surface area is 156 Å². The fraction of sp³-hybridized carbons (Fsp3) is 0.444. The van der Waals surface area contributed by atoms with Gasteiger partial charge in [0.2, 0.25) is 0 Å². The maximum atomic E-state index is 11.9. The summed E-state index contributed by atoms with van der Waals surface area (Å²) >= 11 is 0. The molecule has 1 aliphatic rings. The van der Waals surface area contributed by atoms with Gasteiger partial charge in [-0.1, -0.05) is 30.3 Å². The summed E-state index contributed by atoms with van der Waals surface area (Å²) in [7, 11) is 0. The van der Waals surface area contributed by atoms with Gasteiger partial charge in [0.15, 0.2) is 0 Å². The van der Waals surface area contributed by atoms with Crippen LogP contribution in [0, 0.1) is 0 Å². The van der Waals surface area contributed by atoms with Crippen molar-refractivity contribution in [3.8, 4) is 0 Å². The van der Waals surface area contributed by atoms with E-state index < -0.39 is 48.4 Å². The molecule has 0 unspecified atom stereocenters. The average Bonchev–Trinajstić information content (AvgIpc) is 3.17. The summed E-state index contributed by atoms with van der Waals surface area (Å²) in [6.07, 6.45) is 0.991. The summed E-state index contributed by atoms with van der Waals surface area (Å²) in [4.78, 5) is 47.2. The quantitative estimate of drug-likeness (QED) is 0.408. The molecular weight excluding hydrogens is 354 g/mol. The van der Waals surface area contributed by atoms with Gasteiger partial charge in [0, 0.05) is 0 Å². The zero-order valence-electron chi connectivity index (χ0n) is 14.8. The molecule has 0 aliphatic carbocycles. The van der Waals surface area contributed by atoms with E-state index in [2.05, 4.69) is 14.8 Å². The molecule has 146 valence electrons. The highest BCUT2D eigenvalue weighted by atomic mass is 16.6. The van der Waals surface area contributed by atoms with E-state index in [1.807, 2.05) is 6.07 Å². The lowest BCUT2D eigenvalue weighted by Crippen LogP contribution is -2.42. The number of hydrogen-bond donors (Lipinski definition) is 3. The zero-order valence-corrected chi connectivity index (χ0v) is 14.8. The SMILES string of the molecule is N[C@@H](CC(=O)OC(=O)[C@@H]1CCCN1)C(=O)OC(=O)[C@@H](N)Cc1ccccc1. The van der Waals surface area contributed by atoms with Gasteiger partial charge in [-0.25, -0.2) is 14.4 Å². The van der Waals surface area contributed by atoms with Gasteiger partial charge in [-0.3, -0.25) is 4.79 Å². The van der Waals surface area contributed by atoms with E-state index in [1.165, 1.54) is 0 Å². The van der Waals surface area contributed by atoms with Crippen LogP contribution in [0.2, 0.25) is 0 Å². The normalized spacial score (nSPS) is 18.4. The number of carbonyl (C=O) groups excluding carboxylic acids is 4. The van der Waals surface area contributed by atoms with Crippen molar-refractivity contribution < 1.29 is 28.7 Å². The van der Waals surface area contributed by atoms with Gasteiger partial charge < -0.3 is 26.3 Å². The molecule has 5 N–H and O–H groups in total. The van der Waals surface area contributed by atoms with Gasteiger partial charge in [0.05, 0.1) is 6.42 Å². The Balaban J connectivity index is 1.75. The third kappa shape index (κ3) is 6.55. The van der Waals surface area contributed by atoms with E-state index in [0.29, 0.717) is 13.0 Å². The van der Waals surface area contributed by atoms with E-state index in [1.54, 1.807) is 24.3 Å². The largest absolute Gasteiger partial charge is 0.392 e. The molecule has 0 aromatic heterocycles. The first-order valence-electron chi connectivity index (χ1n) is 8.65. The van der Waals surface area contributed by atoms with Gasteiger partial charge in [0.25, 0.3) is 0 Å². The Bertz CT molecular complexity index is 688. The third-order valence-corrected chi connectivity index (χ3v) is 4.05. The molecule has 1 heterocycles. The number of benzene rings is 1. The highest BCUT2D eigenvalue weighted by molar-refractivity contribution is 5.94. The van der Waals surface area contributed by atoms with Crippen LogP contribution in [0.15, 0.2) is 30.3 Å². The van der Waals surface area contributed by atoms with Crippen molar-refractivity contribution >= 4 is 23.9 Å². The van der Waals surface area contributed by atoms with Crippen molar-refractivity contribution in [1.29, 1.82) is 0 Å². The second-order valence-corrected chi connectivity index (χ2v) is 6.29. The van der Waals surface area contributed by atoms with Crippen LogP contribution in [-0.2, 0) is 35.1 Å². The Morgan fingerprint density at radius 1 is 1.04 bits per heavy atom. The molecule has 0 amide bonds.